The number of hydrogen-bond acceptors (Lipinski definition) is 5. The molecule has 1 aliphatic rings. The number of fused-ring (bicyclic) bond motifs is 1. The summed E-state index contributed by atoms with van der Waals surface area (Å²) in [6, 6.07) is 3.69. The Bertz CT molecular complexity index is 731. The van der Waals surface area contributed by atoms with Crippen molar-refractivity contribution in [3.05, 3.63) is 28.5 Å². The first kappa shape index (κ1) is 17.4. The molecule has 1 saturated heterocycles. The molecular weight excluding hydrogens is 374 g/mol. The molecule has 6 nitrogen and oxygen atoms in total. The number of halogens is 1. The molecule has 2 heterocycles. The summed E-state index contributed by atoms with van der Waals surface area (Å²) in [6.07, 6.45) is 5.35. The number of imidazole rings is 1. The maximum absolute atomic E-state index is 11.7. The van der Waals surface area contributed by atoms with Crippen LogP contribution in [0.25, 0.3) is 11.0 Å². The summed E-state index contributed by atoms with van der Waals surface area (Å²) in [7, 11) is 1.37. The van der Waals surface area contributed by atoms with Gasteiger partial charge in [-0.2, -0.15) is 0 Å². The van der Waals surface area contributed by atoms with E-state index in [9.17, 15) is 9.90 Å². The van der Waals surface area contributed by atoms with Gasteiger partial charge in [-0.15, -0.1) is 0 Å². The Labute approximate surface area is 149 Å². The Kier molecular flexibility index (Phi) is 5.53. The van der Waals surface area contributed by atoms with Gasteiger partial charge in [0.2, 0.25) is 0 Å². The van der Waals surface area contributed by atoms with Crippen molar-refractivity contribution in [3.63, 3.8) is 0 Å². The van der Waals surface area contributed by atoms with Gasteiger partial charge in [0.15, 0.2) is 0 Å². The van der Waals surface area contributed by atoms with Gasteiger partial charge in [-0.1, -0.05) is 0 Å². The van der Waals surface area contributed by atoms with E-state index >= 15 is 0 Å². The highest BCUT2D eigenvalue weighted by Crippen LogP contribution is 2.26. The second-order valence-corrected chi connectivity index (χ2v) is 7.02. The third kappa shape index (κ3) is 3.63. The van der Waals surface area contributed by atoms with E-state index in [4.69, 9.17) is 4.74 Å². The van der Waals surface area contributed by atoms with Gasteiger partial charge in [0.25, 0.3) is 0 Å². The molecule has 0 bridgehead atoms. The van der Waals surface area contributed by atoms with Crippen LogP contribution in [0.1, 0.15) is 36.0 Å². The van der Waals surface area contributed by atoms with Gasteiger partial charge in [0.05, 0.1) is 36.1 Å². The van der Waals surface area contributed by atoms with Crippen LogP contribution in [0.3, 0.4) is 0 Å². The minimum Gasteiger partial charge on any atom is -0.465 e. The van der Waals surface area contributed by atoms with Crippen LogP contribution < -0.4 is 5.32 Å². The first-order chi connectivity index (χ1) is 11.6. The molecule has 0 unspecified atom stereocenters. The average molecular weight is 396 g/mol. The fourth-order valence-electron chi connectivity index (χ4n) is 3.27. The number of carbonyl (C=O) groups is 1. The van der Waals surface area contributed by atoms with Crippen LogP contribution >= 0.6 is 15.9 Å². The average Bonchev–Trinajstić information content (AvgIpc) is 2.99. The van der Waals surface area contributed by atoms with Crippen molar-refractivity contribution in [1.82, 2.24) is 14.9 Å². The molecule has 24 heavy (non-hydrogen) atoms. The molecule has 3 rings (SSSR count). The van der Waals surface area contributed by atoms with E-state index in [0.29, 0.717) is 5.56 Å². The van der Waals surface area contributed by atoms with Gasteiger partial charge >= 0.3 is 5.97 Å². The predicted octanol–water partition coefficient (Wildman–Crippen LogP) is 2.48. The monoisotopic (exact) mass is 395 g/mol. The van der Waals surface area contributed by atoms with Crippen LogP contribution in [0.4, 0.5) is 0 Å². The summed E-state index contributed by atoms with van der Waals surface area (Å²) in [5, 5.41) is 13.4. The summed E-state index contributed by atoms with van der Waals surface area (Å²) in [5.74, 6) is -0.371. The number of benzene rings is 1. The summed E-state index contributed by atoms with van der Waals surface area (Å²) in [4.78, 5) is 16.1. The van der Waals surface area contributed by atoms with Crippen molar-refractivity contribution >= 4 is 32.9 Å². The number of nitrogens with one attached hydrogen (secondary N) is 1. The molecular formula is C17H22BrN3O3. The minimum absolute atomic E-state index is 0.183. The predicted molar refractivity (Wildman–Crippen MR) is 95.0 cm³/mol. The van der Waals surface area contributed by atoms with Gasteiger partial charge in [-0.25, -0.2) is 9.78 Å². The molecule has 1 aromatic carbocycles. The standard InChI is InChI=1S/C17H22BrN3O3/c1-24-17(23)11-8-12(18)16-14(9-11)20-10-21(16)7-3-4-13-15(22)5-2-6-19-13/h8-10,13,15,19,22H,2-7H2,1H3/t13-,15+/m1/s1. The highest BCUT2D eigenvalue weighted by molar-refractivity contribution is 9.10. The highest BCUT2D eigenvalue weighted by Gasteiger charge is 2.22. The molecule has 0 amide bonds. The van der Waals surface area contributed by atoms with E-state index in [1.807, 2.05) is 0 Å². The number of aliphatic hydroxyl groups excluding tert-OH is 1. The first-order valence-electron chi connectivity index (χ1n) is 8.24. The molecule has 1 aliphatic heterocycles. The molecule has 2 aromatic rings. The van der Waals surface area contributed by atoms with Crippen LogP contribution in [0, 0.1) is 0 Å². The zero-order chi connectivity index (χ0) is 17.1. The molecule has 2 atom stereocenters. The second-order valence-electron chi connectivity index (χ2n) is 6.17. The smallest absolute Gasteiger partial charge is 0.337 e. The zero-order valence-corrected chi connectivity index (χ0v) is 15.3. The van der Waals surface area contributed by atoms with Gasteiger partial charge in [-0.05, 0) is 60.3 Å². The lowest BCUT2D eigenvalue weighted by atomic mass is 9.97. The van der Waals surface area contributed by atoms with Crippen molar-refractivity contribution in [3.8, 4) is 0 Å². The quantitative estimate of drug-likeness (QED) is 0.760. The van der Waals surface area contributed by atoms with Crippen LogP contribution in [0.2, 0.25) is 0 Å². The van der Waals surface area contributed by atoms with E-state index in [-0.39, 0.29) is 18.1 Å². The van der Waals surface area contributed by atoms with Crippen LogP contribution in [-0.4, -0.2) is 46.4 Å². The Balaban J connectivity index is 1.70. The number of esters is 1. The van der Waals surface area contributed by atoms with Crippen LogP contribution in [-0.2, 0) is 11.3 Å². The number of ether oxygens (including phenoxy) is 1. The maximum Gasteiger partial charge on any atom is 0.337 e. The number of aryl methyl sites for hydroxylation is 1. The number of nitrogens with zero attached hydrogens (tertiary/aromatic N) is 2. The normalized spacial score (nSPS) is 21.1. The van der Waals surface area contributed by atoms with Crippen molar-refractivity contribution in [2.24, 2.45) is 0 Å². The SMILES string of the molecule is COC(=O)c1cc(Br)c2c(c1)ncn2CCC[C@H]1NCCC[C@@H]1O. The van der Waals surface area contributed by atoms with Crippen molar-refractivity contribution in [2.45, 2.75) is 44.4 Å². The third-order valence-electron chi connectivity index (χ3n) is 4.55. The Hall–Kier alpha value is -1.44. The second kappa shape index (κ2) is 7.63. The largest absolute Gasteiger partial charge is 0.465 e. The van der Waals surface area contributed by atoms with E-state index in [1.54, 1.807) is 18.5 Å². The maximum atomic E-state index is 11.7. The van der Waals surface area contributed by atoms with Crippen LogP contribution in [0.15, 0.2) is 22.9 Å². The van der Waals surface area contributed by atoms with Crippen LogP contribution in [0.5, 0.6) is 0 Å². The Morgan fingerprint density at radius 3 is 3.12 bits per heavy atom. The fraction of sp³-hybridized carbons (Fsp3) is 0.529. The van der Waals surface area contributed by atoms with E-state index in [2.05, 4.69) is 30.8 Å². The molecule has 0 radical (unpaired) electrons. The first-order valence-corrected chi connectivity index (χ1v) is 9.03. The lowest BCUT2D eigenvalue weighted by Gasteiger charge is -2.29. The highest BCUT2D eigenvalue weighted by atomic mass is 79.9. The molecule has 1 fully saturated rings. The Morgan fingerprint density at radius 2 is 2.38 bits per heavy atom. The van der Waals surface area contributed by atoms with Gasteiger partial charge < -0.3 is 19.7 Å². The molecule has 7 heteroatoms. The van der Waals surface area contributed by atoms with Gasteiger partial charge in [0, 0.05) is 17.1 Å². The molecule has 0 spiro atoms. The van der Waals surface area contributed by atoms with E-state index < -0.39 is 0 Å². The topological polar surface area (TPSA) is 76.4 Å². The summed E-state index contributed by atoms with van der Waals surface area (Å²) in [6.45, 7) is 1.80. The number of rotatable bonds is 5. The van der Waals surface area contributed by atoms with E-state index in [0.717, 1.165) is 54.3 Å². The number of hydrogen-bond donors (Lipinski definition) is 2. The summed E-state index contributed by atoms with van der Waals surface area (Å²) < 4.78 is 7.67. The third-order valence-corrected chi connectivity index (χ3v) is 5.15. The minimum atomic E-state index is -0.371. The molecule has 0 saturated carbocycles. The molecule has 130 valence electrons. The fourth-order valence-corrected chi connectivity index (χ4v) is 3.95. The zero-order valence-electron chi connectivity index (χ0n) is 13.7. The van der Waals surface area contributed by atoms with Gasteiger partial charge in [-0.3, -0.25) is 0 Å². The van der Waals surface area contributed by atoms with Gasteiger partial charge in [0.1, 0.15) is 0 Å². The van der Waals surface area contributed by atoms with Crippen molar-refractivity contribution < 1.29 is 14.6 Å². The molecule has 0 aliphatic carbocycles. The number of carbonyl (C=O) groups excluding carboxylic acids is 1. The van der Waals surface area contributed by atoms with Crippen molar-refractivity contribution in [1.29, 1.82) is 0 Å². The molecule has 1 aromatic heterocycles. The summed E-state index contributed by atoms with van der Waals surface area (Å²) >= 11 is 3.53. The lowest BCUT2D eigenvalue weighted by Crippen LogP contribution is -2.44. The molecule has 2 N–H and O–H groups in total. The van der Waals surface area contributed by atoms with E-state index in [1.165, 1.54) is 7.11 Å². The lowest BCUT2D eigenvalue weighted by molar-refractivity contribution is 0.0601. The summed E-state index contributed by atoms with van der Waals surface area (Å²) in [5.41, 5.74) is 2.22. The number of aliphatic hydroxyl groups is 1. The van der Waals surface area contributed by atoms with Crippen molar-refractivity contribution in [2.75, 3.05) is 13.7 Å². The number of methoxy groups -OCH3 is 1. The number of aromatic nitrogens is 2. The Morgan fingerprint density at radius 1 is 1.54 bits per heavy atom. The number of piperidine rings is 1.